The number of nitrogens with one attached hydrogen (secondary N) is 1. The van der Waals surface area contributed by atoms with Crippen LogP contribution in [0, 0.1) is 29.0 Å². The molecule has 1 aromatic rings. The largest absolute Gasteiger partial charge is 0.309 e. The van der Waals surface area contributed by atoms with Crippen molar-refractivity contribution in [2.24, 2.45) is 0 Å². The number of halogens is 1. The zero-order valence-electron chi connectivity index (χ0n) is 7.76. The minimum absolute atomic E-state index is 0.377. The lowest BCUT2D eigenvalue weighted by molar-refractivity contribution is 0.627. The molecule has 0 unspecified atom stereocenters. The average Bonchev–Trinajstić information content (AvgIpc) is 2.19. The first-order valence-corrected chi connectivity index (χ1v) is 4.11. The molecule has 70 valence electrons. The Kier molecular flexibility index (Phi) is 3.67. The molecule has 0 bridgehead atoms. The molecule has 0 aliphatic rings. The molecule has 1 aromatic carbocycles. The van der Waals surface area contributed by atoms with Gasteiger partial charge in [-0.1, -0.05) is 11.8 Å². The monoisotopic (exact) mass is 188 g/mol. The van der Waals surface area contributed by atoms with Crippen molar-refractivity contribution in [1.82, 2.24) is 5.32 Å². The summed E-state index contributed by atoms with van der Waals surface area (Å²) in [7, 11) is 1.77. The van der Waals surface area contributed by atoms with Gasteiger partial charge in [-0.15, -0.1) is 0 Å². The lowest BCUT2D eigenvalue weighted by Gasteiger charge is -1.94. The van der Waals surface area contributed by atoms with E-state index in [2.05, 4.69) is 17.2 Å². The smallest absolute Gasteiger partial charge is 0.124 e. The normalized spacial score (nSPS) is 8.64. The molecule has 0 heterocycles. The molecule has 3 heteroatoms. The van der Waals surface area contributed by atoms with Crippen LogP contribution in [-0.4, -0.2) is 13.6 Å². The second-order valence-electron chi connectivity index (χ2n) is 2.63. The van der Waals surface area contributed by atoms with Gasteiger partial charge in [0, 0.05) is 5.56 Å². The Morgan fingerprint density at radius 1 is 1.43 bits per heavy atom. The van der Waals surface area contributed by atoms with E-state index in [1.165, 1.54) is 18.2 Å². The van der Waals surface area contributed by atoms with Crippen LogP contribution in [0.5, 0.6) is 0 Å². The van der Waals surface area contributed by atoms with Crippen LogP contribution >= 0.6 is 0 Å². The van der Waals surface area contributed by atoms with Gasteiger partial charge >= 0.3 is 0 Å². The first-order valence-electron chi connectivity index (χ1n) is 4.11. The van der Waals surface area contributed by atoms with Gasteiger partial charge in [0.1, 0.15) is 11.9 Å². The topological polar surface area (TPSA) is 35.8 Å². The fraction of sp³-hybridized carbons (Fsp3) is 0.182. The van der Waals surface area contributed by atoms with Crippen LogP contribution in [0.2, 0.25) is 0 Å². The van der Waals surface area contributed by atoms with Crippen molar-refractivity contribution in [2.75, 3.05) is 13.6 Å². The molecular formula is C11H9FN2. The predicted molar refractivity (Wildman–Crippen MR) is 51.9 cm³/mol. The first-order chi connectivity index (χ1) is 6.77. The molecule has 0 saturated heterocycles. The summed E-state index contributed by atoms with van der Waals surface area (Å²) < 4.78 is 12.8. The van der Waals surface area contributed by atoms with Gasteiger partial charge in [0.05, 0.1) is 12.1 Å². The van der Waals surface area contributed by atoms with Crippen molar-refractivity contribution < 1.29 is 4.39 Å². The van der Waals surface area contributed by atoms with Gasteiger partial charge in [0.25, 0.3) is 0 Å². The molecule has 1 rings (SSSR count). The molecule has 0 amide bonds. The van der Waals surface area contributed by atoms with Crippen LogP contribution in [0.1, 0.15) is 11.1 Å². The van der Waals surface area contributed by atoms with Crippen molar-refractivity contribution in [1.29, 1.82) is 5.26 Å². The highest BCUT2D eigenvalue weighted by molar-refractivity contribution is 5.48. The van der Waals surface area contributed by atoms with Gasteiger partial charge in [-0.3, -0.25) is 0 Å². The Morgan fingerprint density at radius 2 is 2.21 bits per heavy atom. The molecule has 0 radical (unpaired) electrons. The molecule has 0 aromatic heterocycles. The minimum atomic E-state index is -0.377. The van der Waals surface area contributed by atoms with Crippen LogP contribution in [0.4, 0.5) is 4.39 Å². The van der Waals surface area contributed by atoms with Gasteiger partial charge in [-0.05, 0) is 25.2 Å². The number of benzene rings is 1. The van der Waals surface area contributed by atoms with Gasteiger partial charge in [0.15, 0.2) is 0 Å². The maximum Gasteiger partial charge on any atom is 0.124 e. The van der Waals surface area contributed by atoms with Crippen LogP contribution in [0.15, 0.2) is 18.2 Å². The third-order valence-electron chi connectivity index (χ3n) is 1.59. The molecule has 1 N–H and O–H groups in total. The fourth-order valence-corrected chi connectivity index (χ4v) is 0.945. The molecule has 0 fully saturated rings. The maximum absolute atomic E-state index is 12.8. The average molecular weight is 188 g/mol. The number of hydrogen-bond donors (Lipinski definition) is 1. The Balaban J connectivity index is 3.02. The molecule has 0 atom stereocenters. The Hall–Kier alpha value is -1.84. The van der Waals surface area contributed by atoms with E-state index in [0.717, 1.165) is 0 Å². The Labute approximate surface area is 82.4 Å². The van der Waals surface area contributed by atoms with E-state index in [4.69, 9.17) is 5.26 Å². The summed E-state index contributed by atoms with van der Waals surface area (Å²) in [6.07, 6.45) is 0. The lowest BCUT2D eigenvalue weighted by Crippen LogP contribution is -2.04. The van der Waals surface area contributed by atoms with Crippen LogP contribution in [-0.2, 0) is 0 Å². The van der Waals surface area contributed by atoms with Gasteiger partial charge in [0.2, 0.25) is 0 Å². The quantitative estimate of drug-likeness (QED) is 0.673. The summed E-state index contributed by atoms with van der Waals surface area (Å²) in [5.41, 5.74) is 0.831. The van der Waals surface area contributed by atoms with Gasteiger partial charge in [-0.25, -0.2) is 4.39 Å². The highest BCUT2D eigenvalue weighted by atomic mass is 19.1. The number of hydrogen-bond acceptors (Lipinski definition) is 2. The maximum atomic E-state index is 12.8. The van der Waals surface area contributed by atoms with Gasteiger partial charge in [-0.2, -0.15) is 5.26 Å². The van der Waals surface area contributed by atoms with Crippen molar-refractivity contribution in [3.63, 3.8) is 0 Å². The van der Waals surface area contributed by atoms with E-state index >= 15 is 0 Å². The zero-order chi connectivity index (χ0) is 10.4. The molecule has 0 spiro atoms. The molecule has 14 heavy (non-hydrogen) atoms. The van der Waals surface area contributed by atoms with Crippen LogP contribution in [0.25, 0.3) is 0 Å². The standard InChI is InChI=1S/C11H9FN2/c1-14-6-2-3-9-7-11(12)5-4-10(9)8-13/h4-5,7,14H,6H2,1H3. The summed E-state index contributed by atoms with van der Waals surface area (Å²) in [5, 5.41) is 11.5. The van der Waals surface area contributed by atoms with E-state index < -0.39 is 0 Å². The summed E-state index contributed by atoms with van der Waals surface area (Å²) in [6, 6.07) is 5.91. The zero-order valence-corrected chi connectivity index (χ0v) is 7.76. The van der Waals surface area contributed by atoms with E-state index in [1.807, 2.05) is 6.07 Å². The Bertz CT molecular complexity index is 421. The second kappa shape index (κ2) is 5.01. The number of nitriles is 1. The summed E-state index contributed by atoms with van der Waals surface area (Å²) in [6.45, 7) is 0.515. The molecule has 2 nitrogen and oxygen atoms in total. The van der Waals surface area contributed by atoms with Gasteiger partial charge < -0.3 is 5.32 Å². The summed E-state index contributed by atoms with van der Waals surface area (Å²) in [5.74, 6) is 5.13. The van der Waals surface area contributed by atoms with Crippen molar-refractivity contribution in [3.05, 3.63) is 35.1 Å². The second-order valence-corrected chi connectivity index (χ2v) is 2.63. The number of rotatable bonds is 1. The molecular weight excluding hydrogens is 179 g/mol. The Morgan fingerprint density at radius 3 is 2.86 bits per heavy atom. The van der Waals surface area contributed by atoms with E-state index in [1.54, 1.807) is 7.05 Å². The highest BCUT2D eigenvalue weighted by Crippen LogP contribution is 2.08. The number of nitrogens with zero attached hydrogens (tertiary/aromatic N) is 1. The molecule has 0 saturated carbocycles. The van der Waals surface area contributed by atoms with E-state index in [0.29, 0.717) is 17.7 Å². The highest BCUT2D eigenvalue weighted by Gasteiger charge is 1.99. The SMILES string of the molecule is CNCC#Cc1cc(F)ccc1C#N. The third-order valence-corrected chi connectivity index (χ3v) is 1.59. The predicted octanol–water partition coefficient (Wildman–Crippen LogP) is 1.27. The minimum Gasteiger partial charge on any atom is -0.309 e. The summed E-state index contributed by atoms with van der Waals surface area (Å²) in [4.78, 5) is 0. The van der Waals surface area contributed by atoms with Crippen LogP contribution in [0.3, 0.4) is 0 Å². The summed E-state index contributed by atoms with van der Waals surface area (Å²) >= 11 is 0. The fourth-order valence-electron chi connectivity index (χ4n) is 0.945. The van der Waals surface area contributed by atoms with Crippen molar-refractivity contribution in [2.45, 2.75) is 0 Å². The molecule has 0 aliphatic heterocycles. The first kappa shape index (κ1) is 10.2. The van der Waals surface area contributed by atoms with E-state index in [-0.39, 0.29) is 5.82 Å². The van der Waals surface area contributed by atoms with Crippen molar-refractivity contribution >= 4 is 0 Å². The lowest BCUT2D eigenvalue weighted by atomic mass is 10.1. The van der Waals surface area contributed by atoms with Crippen LogP contribution < -0.4 is 5.32 Å². The third kappa shape index (κ3) is 2.58. The van der Waals surface area contributed by atoms with E-state index in [9.17, 15) is 4.39 Å². The van der Waals surface area contributed by atoms with Crippen molar-refractivity contribution in [3.8, 4) is 17.9 Å². The molecule has 0 aliphatic carbocycles.